The lowest BCUT2D eigenvalue weighted by molar-refractivity contribution is 0.221. The molecule has 1 N–H and O–H groups in total. The van der Waals surface area contributed by atoms with E-state index in [1.165, 1.54) is 4.88 Å². The summed E-state index contributed by atoms with van der Waals surface area (Å²) in [4.78, 5) is 1.21. The van der Waals surface area contributed by atoms with Crippen LogP contribution in [0, 0.1) is 0 Å². The normalized spacial score (nSPS) is 12.0. The molecule has 1 heterocycles. The third-order valence-corrected chi connectivity index (χ3v) is 3.63. The monoisotopic (exact) mass is 234 g/mol. The summed E-state index contributed by atoms with van der Waals surface area (Å²) in [6, 6.07) is 4.06. The van der Waals surface area contributed by atoms with E-state index in [1.807, 2.05) is 26.0 Å². The Morgan fingerprint density at radius 1 is 1.55 bits per heavy atom. The Labute approximate surface area is 79.2 Å². The van der Waals surface area contributed by atoms with Gasteiger partial charge >= 0.3 is 0 Å². The van der Waals surface area contributed by atoms with Gasteiger partial charge in [0.25, 0.3) is 0 Å². The zero-order chi connectivity index (χ0) is 8.48. The average molecular weight is 235 g/mol. The smallest absolute Gasteiger partial charge is 0.0701 e. The summed E-state index contributed by atoms with van der Waals surface area (Å²) in [6.45, 7) is 4.26. The van der Waals surface area contributed by atoms with Gasteiger partial charge in [0.1, 0.15) is 0 Å². The molecule has 62 valence electrons. The van der Waals surface area contributed by atoms with Crippen LogP contribution in [0.15, 0.2) is 15.9 Å². The molecule has 3 heteroatoms. The lowest BCUT2D eigenvalue weighted by Crippen LogP contribution is -2.20. The van der Waals surface area contributed by atoms with E-state index in [1.54, 1.807) is 11.3 Å². The second-order valence-corrected chi connectivity index (χ2v) is 5.61. The molecule has 0 bridgehead atoms. The van der Waals surface area contributed by atoms with Crippen LogP contribution in [0.1, 0.15) is 18.7 Å². The molecule has 1 nitrogen and oxygen atoms in total. The van der Waals surface area contributed by atoms with Gasteiger partial charge in [-0.05, 0) is 28.1 Å². The molecular weight excluding hydrogens is 224 g/mol. The third-order valence-electron chi connectivity index (χ3n) is 1.64. The first kappa shape index (κ1) is 9.23. The van der Waals surface area contributed by atoms with E-state index in [-0.39, 0.29) is 12.0 Å². The van der Waals surface area contributed by atoms with Crippen molar-refractivity contribution in [2.45, 2.75) is 19.3 Å². The summed E-state index contributed by atoms with van der Waals surface area (Å²) in [5, 5.41) is 9.05. The minimum atomic E-state index is -0.101. The first-order chi connectivity index (χ1) is 5.06. The maximum absolute atomic E-state index is 9.05. The summed E-state index contributed by atoms with van der Waals surface area (Å²) >= 11 is 5.07. The second kappa shape index (κ2) is 3.25. The molecule has 0 atom stereocenters. The second-order valence-electron chi connectivity index (χ2n) is 3.15. The zero-order valence-corrected chi connectivity index (χ0v) is 9.00. The Morgan fingerprint density at radius 3 is 2.55 bits per heavy atom. The summed E-state index contributed by atoms with van der Waals surface area (Å²) in [6.07, 6.45) is 0. The van der Waals surface area contributed by atoms with E-state index >= 15 is 0 Å². The number of hydrogen-bond acceptors (Lipinski definition) is 2. The lowest BCUT2D eigenvalue weighted by Gasteiger charge is -2.18. The van der Waals surface area contributed by atoms with E-state index in [0.29, 0.717) is 0 Å². The number of aliphatic hydroxyl groups is 1. The van der Waals surface area contributed by atoms with Gasteiger partial charge in [-0.2, -0.15) is 0 Å². The Balaban J connectivity index is 2.92. The molecule has 0 aliphatic rings. The molecule has 11 heavy (non-hydrogen) atoms. The molecule has 0 saturated carbocycles. The van der Waals surface area contributed by atoms with Crippen LogP contribution >= 0.6 is 27.3 Å². The van der Waals surface area contributed by atoms with E-state index < -0.39 is 0 Å². The number of rotatable bonds is 2. The van der Waals surface area contributed by atoms with Crippen molar-refractivity contribution in [3.8, 4) is 0 Å². The summed E-state index contributed by atoms with van der Waals surface area (Å²) in [7, 11) is 0. The van der Waals surface area contributed by atoms with Crippen LogP contribution < -0.4 is 0 Å². The molecule has 1 rings (SSSR count). The molecule has 0 aliphatic carbocycles. The third kappa shape index (κ3) is 2.04. The minimum absolute atomic E-state index is 0.101. The quantitative estimate of drug-likeness (QED) is 0.835. The maximum atomic E-state index is 9.05. The van der Waals surface area contributed by atoms with Crippen molar-refractivity contribution in [2.24, 2.45) is 0 Å². The van der Waals surface area contributed by atoms with Gasteiger partial charge in [0.2, 0.25) is 0 Å². The van der Waals surface area contributed by atoms with Crippen molar-refractivity contribution >= 4 is 27.3 Å². The first-order valence-electron chi connectivity index (χ1n) is 3.43. The fourth-order valence-corrected chi connectivity index (χ4v) is 2.23. The van der Waals surface area contributed by atoms with Crippen molar-refractivity contribution < 1.29 is 5.11 Å². The highest BCUT2D eigenvalue weighted by molar-refractivity contribution is 9.11. The first-order valence-corrected chi connectivity index (χ1v) is 5.04. The van der Waals surface area contributed by atoms with E-state index in [4.69, 9.17) is 5.11 Å². The minimum Gasteiger partial charge on any atom is -0.395 e. The van der Waals surface area contributed by atoms with Crippen molar-refractivity contribution in [2.75, 3.05) is 6.61 Å². The fourth-order valence-electron chi connectivity index (χ4n) is 0.756. The summed E-state index contributed by atoms with van der Waals surface area (Å²) < 4.78 is 1.12. The van der Waals surface area contributed by atoms with Crippen LogP contribution in [0.5, 0.6) is 0 Å². The maximum Gasteiger partial charge on any atom is 0.0701 e. The lowest BCUT2D eigenvalue weighted by atomic mass is 9.93. The molecule has 1 aromatic heterocycles. The van der Waals surface area contributed by atoms with Gasteiger partial charge in [-0.15, -0.1) is 11.3 Å². The molecule has 0 unspecified atom stereocenters. The number of aliphatic hydroxyl groups excluding tert-OH is 1. The van der Waals surface area contributed by atoms with Gasteiger partial charge in [0.15, 0.2) is 0 Å². The molecule has 0 aliphatic heterocycles. The van der Waals surface area contributed by atoms with Crippen LogP contribution in [0.25, 0.3) is 0 Å². The SMILES string of the molecule is CC(C)(CO)c1ccc(Br)s1. The number of thiophene rings is 1. The van der Waals surface area contributed by atoms with E-state index in [9.17, 15) is 0 Å². The molecule has 0 aromatic carbocycles. The number of halogens is 1. The largest absolute Gasteiger partial charge is 0.395 e. The van der Waals surface area contributed by atoms with Crippen LogP contribution in [-0.2, 0) is 5.41 Å². The topological polar surface area (TPSA) is 20.2 Å². The fraction of sp³-hybridized carbons (Fsp3) is 0.500. The Hall–Kier alpha value is 0.140. The Morgan fingerprint density at radius 2 is 2.18 bits per heavy atom. The Bertz CT molecular complexity index is 242. The van der Waals surface area contributed by atoms with Crippen LogP contribution in [0.2, 0.25) is 0 Å². The summed E-state index contributed by atoms with van der Waals surface area (Å²) in [5.74, 6) is 0. The van der Waals surface area contributed by atoms with E-state index in [2.05, 4.69) is 15.9 Å². The Kier molecular flexibility index (Phi) is 2.73. The van der Waals surface area contributed by atoms with Gasteiger partial charge in [0, 0.05) is 10.3 Å². The van der Waals surface area contributed by atoms with Gasteiger partial charge in [0.05, 0.1) is 10.4 Å². The molecule has 0 radical (unpaired) electrons. The van der Waals surface area contributed by atoms with E-state index in [0.717, 1.165) is 3.79 Å². The number of hydrogen-bond donors (Lipinski definition) is 1. The molecule has 0 amide bonds. The standard InChI is InChI=1S/C8H11BrOS/c1-8(2,5-10)6-3-4-7(9)11-6/h3-4,10H,5H2,1-2H3. The van der Waals surface area contributed by atoms with Gasteiger partial charge in [-0.1, -0.05) is 13.8 Å². The van der Waals surface area contributed by atoms with Crippen molar-refractivity contribution in [3.05, 3.63) is 20.8 Å². The van der Waals surface area contributed by atoms with Crippen molar-refractivity contribution in [3.63, 3.8) is 0 Å². The molecule has 0 saturated heterocycles. The highest BCUT2D eigenvalue weighted by Crippen LogP contribution is 2.31. The molecule has 0 fully saturated rings. The van der Waals surface area contributed by atoms with Gasteiger partial charge < -0.3 is 5.11 Å². The highest BCUT2D eigenvalue weighted by atomic mass is 79.9. The zero-order valence-electron chi connectivity index (χ0n) is 6.60. The van der Waals surface area contributed by atoms with Crippen LogP contribution in [-0.4, -0.2) is 11.7 Å². The molecular formula is C8H11BrOS. The van der Waals surface area contributed by atoms with Gasteiger partial charge in [-0.3, -0.25) is 0 Å². The highest BCUT2D eigenvalue weighted by Gasteiger charge is 2.20. The summed E-state index contributed by atoms with van der Waals surface area (Å²) in [5.41, 5.74) is -0.101. The van der Waals surface area contributed by atoms with Crippen molar-refractivity contribution in [1.82, 2.24) is 0 Å². The predicted molar refractivity (Wildman–Crippen MR) is 52.1 cm³/mol. The average Bonchev–Trinajstić information content (AvgIpc) is 2.36. The van der Waals surface area contributed by atoms with Crippen LogP contribution in [0.4, 0.5) is 0 Å². The molecule has 1 aromatic rings. The predicted octanol–water partition coefficient (Wildman–Crippen LogP) is 2.78. The van der Waals surface area contributed by atoms with Crippen molar-refractivity contribution in [1.29, 1.82) is 0 Å². The van der Waals surface area contributed by atoms with Crippen LogP contribution in [0.3, 0.4) is 0 Å². The van der Waals surface area contributed by atoms with Gasteiger partial charge in [-0.25, -0.2) is 0 Å². The molecule has 0 spiro atoms.